The van der Waals surface area contributed by atoms with Crippen LogP contribution >= 0.6 is 0 Å². The Bertz CT molecular complexity index is 952. The van der Waals surface area contributed by atoms with Crippen molar-refractivity contribution in [2.45, 2.75) is 84.0 Å². The second-order valence-corrected chi connectivity index (χ2v) is 8.37. The Balaban J connectivity index is 1.53. The summed E-state index contributed by atoms with van der Waals surface area (Å²) in [6.45, 7) is 2.08. The van der Waals surface area contributed by atoms with Crippen LogP contribution < -0.4 is 16.2 Å². The highest BCUT2D eigenvalue weighted by atomic mass is 16.3. The molecule has 0 unspecified atom stereocenters. The predicted molar refractivity (Wildman–Crippen MR) is 132 cm³/mol. The molecule has 0 saturated heterocycles. The fraction of sp³-hybridized carbons (Fsp3) is 0.538. The maximum atomic E-state index is 12.3. The molecule has 0 radical (unpaired) electrons. The van der Waals surface area contributed by atoms with Gasteiger partial charge in [0.1, 0.15) is 11.8 Å². The average Bonchev–Trinajstić information content (AvgIpc) is 2.83. The fourth-order valence-electron chi connectivity index (χ4n) is 3.61. The SMILES string of the molecule is CCCCCCCCCCCCCC(=O)NCC(=O)N/N=C\c1coc2ccccc2c1=O. The number of benzene rings is 1. The zero-order valence-corrected chi connectivity index (χ0v) is 19.7. The van der Waals surface area contributed by atoms with E-state index in [2.05, 4.69) is 22.8 Å². The standard InChI is InChI=1S/C26H37N3O4/c1-2-3-4-5-6-7-8-9-10-11-12-17-24(30)27-19-25(31)29-28-18-21-20-33-23-16-14-13-15-22(23)26(21)32/h13-16,18,20H,2-12,17,19H2,1H3,(H,27,30)(H,29,31)/b28-18-. The minimum absolute atomic E-state index is 0.139. The maximum Gasteiger partial charge on any atom is 0.259 e. The number of unbranched alkanes of at least 4 members (excludes halogenated alkanes) is 10. The van der Waals surface area contributed by atoms with Gasteiger partial charge in [-0.3, -0.25) is 14.4 Å². The number of hydrogen-bond donors (Lipinski definition) is 2. The predicted octanol–water partition coefficient (Wildman–Crippen LogP) is 5.06. The molecule has 0 bridgehead atoms. The van der Waals surface area contributed by atoms with E-state index in [-0.39, 0.29) is 23.4 Å². The first kappa shape index (κ1) is 26.3. The van der Waals surface area contributed by atoms with Gasteiger partial charge in [-0.15, -0.1) is 0 Å². The molecule has 2 rings (SSSR count). The van der Waals surface area contributed by atoms with Crippen molar-refractivity contribution in [3.8, 4) is 0 Å². The van der Waals surface area contributed by atoms with Crippen LogP contribution in [-0.4, -0.2) is 24.6 Å². The first-order chi connectivity index (χ1) is 16.1. The van der Waals surface area contributed by atoms with Gasteiger partial charge in [-0.2, -0.15) is 5.10 Å². The molecule has 1 aromatic heterocycles. The summed E-state index contributed by atoms with van der Waals surface area (Å²) in [6.07, 6.45) is 16.5. The lowest BCUT2D eigenvalue weighted by Crippen LogP contribution is -2.34. The van der Waals surface area contributed by atoms with E-state index in [1.165, 1.54) is 63.8 Å². The van der Waals surface area contributed by atoms with E-state index in [9.17, 15) is 14.4 Å². The van der Waals surface area contributed by atoms with Gasteiger partial charge in [-0.25, -0.2) is 5.43 Å². The molecule has 33 heavy (non-hydrogen) atoms. The van der Waals surface area contributed by atoms with E-state index in [0.29, 0.717) is 17.4 Å². The third kappa shape index (κ3) is 10.5. The molecule has 0 atom stereocenters. The van der Waals surface area contributed by atoms with Crippen molar-refractivity contribution >= 4 is 29.0 Å². The number of nitrogens with one attached hydrogen (secondary N) is 2. The van der Waals surface area contributed by atoms with Gasteiger partial charge < -0.3 is 9.73 Å². The highest BCUT2D eigenvalue weighted by molar-refractivity contribution is 5.88. The smallest absolute Gasteiger partial charge is 0.259 e. The normalized spacial score (nSPS) is 11.2. The molecule has 1 heterocycles. The van der Waals surface area contributed by atoms with Crippen LogP contribution in [0.15, 0.2) is 44.8 Å². The monoisotopic (exact) mass is 455 g/mol. The number of nitrogens with zero attached hydrogens (tertiary/aromatic N) is 1. The van der Waals surface area contributed by atoms with E-state index in [1.54, 1.807) is 24.3 Å². The lowest BCUT2D eigenvalue weighted by Gasteiger charge is -2.05. The molecule has 0 saturated carbocycles. The van der Waals surface area contributed by atoms with Crippen molar-refractivity contribution in [2.75, 3.05) is 6.54 Å². The third-order valence-corrected chi connectivity index (χ3v) is 5.55. The van der Waals surface area contributed by atoms with Gasteiger partial charge in [0, 0.05) is 6.42 Å². The molecule has 2 amide bonds. The van der Waals surface area contributed by atoms with Crippen LogP contribution in [-0.2, 0) is 9.59 Å². The lowest BCUT2D eigenvalue weighted by molar-refractivity contribution is -0.126. The second-order valence-electron chi connectivity index (χ2n) is 8.37. The van der Waals surface area contributed by atoms with Crippen LogP contribution in [0, 0.1) is 0 Å². The number of amides is 2. The Labute approximate surface area is 196 Å². The summed E-state index contributed by atoms with van der Waals surface area (Å²) in [5.74, 6) is -0.594. The van der Waals surface area contributed by atoms with Gasteiger partial charge in [0.15, 0.2) is 0 Å². The highest BCUT2D eigenvalue weighted by Crippen LogP contribution is 2.12. The van der Waals surface area contributed by atoms with E-state index < -0.39 is 5.91 Å². The molecule has 2 aromatic rings. The number of fused-ring (bicyclic) bond motifs is 1. The van der Waals surface area contributed by atoms with Crippen molar-refractivity contribution in [1.82, 2.24) is 10.7 Å². The van der Waals surface area contributed by atoms with Crippen LogP contribution in [0.5, 0.6) is 0 Å². The third-order valence-electron chi connectivity index (χ3n) is 5.55. The van der Waals surface area contributed by atoms with E-state index in [1.807, 2.05) is 0 Å². The number of carbonyl (C=O) groups excluding carboxylic acids is 2. The van der Waals surface area contributed by atoms with Crippen molar-refractivity contribution < 1.29 is 14.0 Å². The molecule has 0 aliphatic rings. The summed E-state index contributed by atoms with van der Waals surface area (Å²) < 4.78 is 5.39. The minimum atomic E-state index is -0.455. The molecule has 2 N–H and O–H groups in total. The molecule has 0 spiro atoms. The molecule has 0 fully saturated rings. The summed E-state index contributed by atoms with van der Waals surface area (Å²) in [5.41, 5.74) is 2.80. The van der Waals surface area contributed by atoms with Gasteiger partial charge in [-0.1, -0.05) is 83.3 Å². The summed E-state index contributed by atoms with van der Waals surface area (Å²) in [6, 6.07) is 6.91. The van der Waals surface area contributed by atoms with Crippen molar-refractivity contribution in [2.24, 2.45) is 5.10 Å². The Morgan fingerprint density at radius 1 is 0.909 bits per heavy atom. The summed E-state index contributed by atoms with van der Waals surface area (Å²) in [7, 11) is 0. The van der Waals surface area contributed by atoms with Crippen LogP contribution in [0.25, 0.3) is 11.0 Å². The van der Waals surface area contributed by atoms with Crippen LogP contribution in [0.3, 0.4) is 0 Å². The molecule has 1 aromatic carbocycles. The average molecular weight is 456 g/mol. The molecule has 180 valence electrons. The van der Waals surface area contributed by atoms with Gasteiger partial charge in [0.25, 0.3) is 5.91 Å². The summed E-state index contributed by atoms with van der Waals surface area (Å²) in [4.78, 5) is 36.1. The number of hydrazone groups is 1. The quantitative estimate of drug-likeness (QED) is 0.210. The molecule has 0 aliphatic heterocycles. The lowest BCUT2D eigenvalue weighted by atomic mass is 10.1. The largest absolute Gasteiger partial charge is 0.463 e. The fourth-order valence-corrected chi connectivity index (χ4v) is 3.61. The Kier molecular flexibility index (Phi) is 12.6. The van der Waals surface area contributed by atoms with Gasteiger partial charge in [-0.05, 0) is 18.6 Å². The van der Waals surface area contributed by atoms with Crippen molar-refractivity contribution in [3.05, 3.63) is 46.3 Å². The Morgan fingerprint density at radius 3 is 2.24 bits per heavy atom. The maximum absolute atomic E-state index is 12.3. The zero-order chi connectivity index (χ0) is 23.7. The highest BCUT2D eigenvalue weighted by Gasteiger charge is 2.06. The van der Waals surface area contributed by atoms with Gasteiger partial charge >= 0.3 is 0 Å². The van der Waals surface area contributed by atoms with Crippen LogP contribution in [0.1, 0.15) is 89.5 Å². The summed E-state index contributed by atoms with van der Waals surface area (Å²) >= 11 is 0. The topological polar surface area (TPSA) is 101 Å². The Hall–Kier alpha value is -2.96. The first-order valence-corrected chi connectivity index (χ1v) is 12.2. The van der Waals surface area contributed by atoms with Crippen molar-refractivity contribution in [1.29, 1.82) is 0 Å². The number of hydrogen-bond acceptors (Lipinski definition) is 5. The van der Waals surface area contributed by atoms with Crippen LogP contribution in [0.4, 0.5) is 0 Å². The number of para-hydroxylation sites is 1. The van der Waals surface area contributed by atoms with Gasteiger partial charge in [0.2, 0.25) is 11.3 Å². The molecular formula is C26H37N3O4. The number of carbonyl (C=O) groups is 2. The van der Waals surface area contributed by atoms with E-state index in [4.69, 9.17) is 4.42 Å². The molecule has 7 heteroatoms. The first-order valence-electron chi connectivity index (χ1n) is 12.2. The minimum Gasteiger partial charge on any atom is -0.463 e. The number of rotatable bonds is 16. The summed E-state index contributed by atoms with van der Waals surface area (Å²) in [5, 5.41) is 6.83. The zero-order valence-electron chi connectivity index (χ0n) is 19.7. The van der Waals surface area contributed by atoms with Crippen LogP contribution in [0.2, 0.25) is 0 Å². The van der Waals surface area contributed by atoms with Gasteiger partial charge in [0.05, 0.1) is 23.7 Å². The Morgan fingerprint density at radius 2 is 1.55 bits per heavy atom. The molecule has 0 aliphatic carbocycles. The van der Waals surface area contributed by atoms with Crippen molar-refractivity contribution in [3.63, 3.8) is 0 Å². The molecule has 7 nitrogen and oxygen atoms in total. The van der Waals surface area contributed by atoms with E-state index >= 15 is 0 Å². The molecular weight excluding hydrogens is 418 g/mol. The second kappa shape index (κ2) is 15.8. The van der Waals surface area contributed by atoms with E-state index in [0.717, 1.165) is 19.3 Å².